The van der Waals surface area contributed by atoms with Gasteiger partial charge in [0, 0.05) is 36.5 Å². The standard InChI is InChI=1S/C25H31N3O6S2/c1-4-34-25(31)22-20-12-14-27(17(3)29)15-21(20)35-24(22)26-23(30)18-8-10-19(11-9-18)36(32,33)28-13-6-5-7-16(28)2/h8-11,16H,4-7,12-15H2,1-3H3,(H,26,30)/t16-/m1/s1. The van der Waals surface area contributed by atoms with Gasteiger partial charge < -0.3 is 15.0 Å². The lowest BCUT2D eigenvalue weighted by Gasteiger charge is -2.32. The summed E-state index contributed by atoms with van der Waals surface area (Å²) >= 11 is 1.26. The lowest BCUT2D eigenvalue weighted by Crippen LogP contribution is -2.41. The van der Waals surface area contributed by atoms with Crippen molar-refractivity contribution in [2.75, 3.05) is 25.0 Å². The van der Waals surface area contributed by atoms with Crippen molar-refractivity contribution in [1.29, 1.82) is 0 Å². The van der Waals surface area contributed by atoms with Crippen LogP contribution in [0.2, 0.25) is 0 Å². The van der Waals surface area contributed by atoms with Crippen LogP contribution in [0.15, 0.2) is 29.2 Å². The molecule has 0 aliphatic carbocycles. The van der Waals surface area contributed by atoms with E-state index in [4.69, 9.17) is 4.74 Å². The summed E-state index contributed by atoms with van der Waals surface area (Å²) < 4.78 is 32.9. The number of rotatable bonds is 6. The van der Waals surface area contributed by atoms with Crippen LogP contribution in [0.25, 0.3) is 0 Å². The van der Waals surface area contributed by atoms with Crippen LogP contribution in [0.5, 0.6) is 0 Å². The maximum Gasteiger partial charge on any atom is 0.341 e. The summed E-state index contributed by atoms with van der Waals surface area (Å²) in [6.45, 7) is 6.68. The van der Waals surface area contributed by atoms with Gasteiger partial charge in [-0.1, -0.05) is 6.42 Å². The molecule has 1 aromatic carbocycles. The van der Waals surface area contributed by atoms with Crippen LogP contribution in [-0.2, 0) is 32.5 Å². The van der Waals surface area contributed by atoms with E-state index in [1.54, 1.807) is 11.8 Å². The average molecular weight is 534 g/mol. The van der Waals surface area contributed by atoms with Crippen LogP contribution in [0, 0.1) is 0 Å². The molecule has 1 fully saturated rings. The van der Waals surface area contributed by atoms with Gasteiger partial charge in [0.1, 0.15) is 5.00 Å². The van der Waals surface area contributed by atoms with Gasteiger partial charge >= 0.3 is 5.97 Å². The van der Waals surface area contributed by atoms with Crippen LogP contribution in [0.1, 0.15) is 71.2 Å². The molecule has 2 amide bonds. The van der Waals surface area contributed by atoms with E-state index in [1.165, 1.54) is 46.8 Å². The predicted molar refractivity (Wildman–Crippen MR) is 137 cm³/mol. The predicted octanol–water partition coefficient (Wildman–Crippen LogP) is 3.64. The second-order valence-corrected chi connectivity index (χ2v) is 12.1. The fraction of sp³-hybridized carbons (Fsp3) is 0.480. The van der Waals surface area contributed by atoms with E-state index >= 15 is 0 Å². The Labute approximate surface area is 215 Å². The number of benzene rings is 1. The minimum atomic E-state index is -3.64. The molecular weight excluding hydrogens is 502 g/mol. The molecule has 4 rings (SSSR count). The first-order valence-corrected chi connectivity index (χ1v) is 14.4. The van der Waals surface area contributed by atoms with E-state index in [1.807, 2.05) is 6.92 Å². The number of thiophene rings is 1. The van der Waals surface area contributed by atoms with Gasteiger partial charge in [0.05, 0.1) is 23.6 Å². The molecular formula is C25H31N3O6S2. The monoisotopic (exact) mass is 533 g/mol. The summed E-state index contributed by atoms with van der Waals surface area (Å²) in [4.78, 5) is 40.3. The molecule has 2 aliphatic heterocycles. The van der Waals surface area contributed by atoms with Crippen LogP contribution in [0.4, 0.5) is 5.00 Å². The number of nitrogens with one attached hydrogen (secondary N) is 1. The van der Waals surface area contributed by atoms with Gasteiger partial charge in [-0.3, -0.25) is 9.59 Å². The summed E-state index contributed by atoms with van der Waals surface area (Å²) in [6.07, 6.45) is 3.18. The van der Waals surface area contributed by atoms with E-state index in [0.29, 0.717) is 36.6 Å². The molecule has 1 N–H and O–H groups in total. The Kier molecular flexibility index (Phi) is 7.82. The Morgan fingerprint density at radius 2 is 1.86 bits per heavy atom. The molecule has 1 aromatic heterocycles. The molecule has 0 spiro atoms. The highest BCUT2D eigenvalue weighted by molar-refractivity contribution is 7.89. The van der Waals surface area contributed by atoms with Gasteiger partial charge in [0.25, 0.3) is 5.91 Å². The fourth-order valence-electron chi connectivity index (χ4n) is 4.70. The third-order valence-corrected chi connectivity index (χ3v) is 9.83. The first kappa shape index (κ1) is 26.3. The number of hydrogen-bond acceptors (Lipinski definition) is 7. The molecule has 1 atom stereocenters. The molecule has 3 heterocycles. The zero-order chi connectivity index (χ0) is 26.0. The van der Waals surface area contributed by atoms with Crippen LogP contribution >= 0.6 is 11.3 Å². The largest absolute Gasteiger partial charge is 0.462 e. The number of sulfonamides is 1. The Bertz CT molecular complexity index is 1270. The Morgan fingerprint density at radius 1 is 1.14 bits per heavy atom. The first-order chi connectivity index (χ1) is 17.1. The van der Waals surface area contributed by atoms with Crippen LogP contribution in [-0.4, -0.2) is 61.1 Å². The number of anilines is 1. The number of carbonyl (C=O) groups is 3. The van der Waals surface area contributed by atoms with E-state index in [-0.39, 0.29) is 29.0 Å². The quantitative estimate of drug-likeness (QED) is 0.567. The highest BCUT2D eigenvalue weighted by Gasteiger charge is 2.32. The highest BCUT2D eigenvalue weighted by atomic mass is 32.2. The van der Waals surface area contributed by atoms with Gasteiger partial charge in [-0.05, 0) is 62.9 Å². The Morgan fingerprint density at radius 3 is 2.50 bits per heavy atom. The van der Waals surface area contributed by atoms with E-state index in [0.717, 1.165) is 29.7 Å². The van der Waals surface area contributed by atoms with Crippen molar-refractivity contribution < 1.29 is 27.5 Å². The molecule has 36 heavy (non-hydrogen) atoms. The molecule has 11 heteroatoms. The molecule has 194 valence electrons. The molecule has 0 unspecified atom stereocenters. The summed E-state index contributed by atoms with van der Waals surface area (Å²) in [5.41, 5.74) is 1.39. The number of piperidine rings is 1. The zero-order valence-corrected chi connectivity index (χ0v) is 22.3. The molecule has 0 radical (unpaired) electrons. The number of fused-ring (bicyclic) bond motifs is 1. The lowest BCUT2D eigenvalue weighted by atomic mass is 10.0. The number of carbonyl (C=O) groups excluding carboxylic acids is 3. The maximum atomic E-state index is 13.1. The van der Waals surface area contributed by atoms with Gasteiger partial charge in [-0.2, -0.15) is 4.31 Å². The highest BCUT2D eigenvalue weighted by Crippen LogP contribution is 2.38. The van der Waals surface area contributed by atoms with E-state index in [2.05, 4.69) is 5.32 Å². The van der Waals surface area contributed by atoms with Crippen LogP contribution in [0.3, 0.4) is 0 Å². The summed E-state index contributed by atoms with van der Waals surface area (Å²) in [7, 11) is -3.64. The number of hydrogen-bond donors (Lipinski definition) is 1. The van der Waals surface area contributed by atoms with Crippen molar-refractivity contribution in [3.63, 3.8) is 0 Å². The van der Waals surface area contributed by atoms with Gasteiger partial charge in [0.2, 0.25) is 15.9 Å². The molecule has 2 aliphatic rings. The average Bonchev–Trinajstić information content (AvgIpc) is 3.21. The Hall–Kier alpha value is -2.76. The zero-order valence-electron chi connectivity index (χ0n) is 20.7. The second kappa shape index (κ2) is 10.7. The van der Waals surface area contributed by atoms with Crippen molar-refractivity contribution in [2.24, 2.45) is 0 Å². The van der Waals surface area contributed by atoms with Crippen LogP contribution < -0.4 is 5.32 Å². The number of ether oxygens (including phenoxy) is 1. The summed E-state index contributed by atoms with van der Waals surface area (Å²) in [5, 5.41) is 3.18. The van der Waals surface area contributed by atoms with E-state index < -0.39 is 21.9 Å². The lowest BCUT2D eigenvalue weighted by molar-refractivity contribution is -0.129. The minimum absolute atomic E-state index is 0.0497. The van der Waals surface area contributed by atoms with Gasteiger partial charge in [0.15, 0.2) is 0 Å². The number of esters is 1. The topological polar surface area (TPSA) is 113 Å². The number of nitrogens with zero attached hydrogens (tertiary/aromatic N) is 2. The first-order valence-electron chi connectivity index (χ1n) is 12.1. The Balaban J connectivity index is 1.57. The van der Waals surface area contributed by atoms with Gasteiger partial charge in [-0.15, -0.1) is 11.3 Å². The molecule has 2 aromatic rings. The summed E-state index contributed by atoms with van der Waals surface area (Å²) in [5.74, 6) is -1.03. The van der Waals surface area contributed by atoms with Crippen molar-refractivity contribution in [2.45, 2.75) is 63.9 Å². The smallest absolute Gasteiger partial charge is 0.341 e. The van der Waals surface area contributed by atoms with Crippen molar-refractivity contribution in [3.8, 4) is 0 Å². The van der Waals surface area contributed by atoms with Crippen molar-refractivity contribution in [1.82, 2.24) is 9.21 Å². The van der Waals surface area contributed by atoms with E-state index in [9.17, 15) is 22.8 Å². The second-order valence-electron chi connectivity index (χ2n) is 9.06. The summed E-state index contributed by atoms with van der Waals surface area (Å²) in [6, 6.07) is 5.79. The third-order valence-electron chi connectivity index (χ3n) is 6.67. The molecule has 0 bridgehead atoms. The number of amides is 2. The van der Waals surface area contributed by atoms with Gasteiger partial charge in [-0.25, -0.2) is 13.2 Å². The molecule has 1 saturated heterocycles. The maximum absolute atomic E-state index is 13.1. The minimum Gasteiger partial charge on any atom is -0.462 e. The van der Waals surface area contributed by atoms with Crippen molar-refractivity contribution >= 4 is 44.1 Å². The SMILES string of the molecule is CCOC(=O)c1c(NC(=O)c2ccc(S(=O)(=O)N3CCCC[C@H]3C)cc2)sc2c1CCN(C(C)=O)C2. The third kappa shape index (κ3) is 5.18. The van der Waals surface area contributed by atoms with Crippen molar-refractivity contribution in [3.05, 3.63) is 45.8 Å². The fourth-order valence-corrected chi connectivity index (χ4v) is 7.64. The normalized spacial score (nSPS) is 18.4. The molecule has 0 saturated carbocycles. The molecule has 9 nitrogen and oxygen atoms in total.